The summed E-state index contributed by atoms with van der Waals surface area (Å²) < 4.78 is 9.97. The monoisotopic (exact) mass is 357 g/mol. The van der Waals surface area contributed by atoms with E-state index in [4.69, 9.17) is 9.47 Å². The molecule has 0 unspecified atom stereocenters. The van der Waals surface area contributed by atoms with Crippen LogP contribution < -0.4 is 5.32 Å². The minimum Gasteiger partial charge on any atom is -0.508 e. The molecule has 0 bridgehead atoms. The van der Waals surface area contributed by atoms with E-state index < -0.39 is 24.5 Å². The number of esters is 2. The fraction of sp³-hybridized carbons (Fsp3) is 0.211. The maximum absolute atomic E-state index is 11.8. The molecular formula is C19H19NO6. The van der Waals surface area contributed by atoms with E-state index in [2.05, 4.69) is 5.32 Å². The Morgan fingerprint density at radius 1 is 0.923 bits per heavy atom. The number of amides is 1. The van der Waals surface area contributed by atoms with Gasteiger partial charge in [-0.2, -0.15) is 0 Å². The standard InChI is InChI=1S/C19H19NO6/c1-12(2)26-19(24)14-3-7-15(8-4-14)20-17(22)11-25-18(23)13-5-9-16(21)10-6-13/h3-10,12,21H,11H2,1-2H3,(H,20,22). The van der Waals surface area contributed by atoms with Crippen LogP contribution in [0.2, 0.25) is 0 Å². The van der Waals surface area contributed by atoms with Gasteiger partial charge in [-0.15, -0.1) is 0 Å². The quantitative estimate of drug-likeness (QED) is 0.771. The highest BCUT2D eigenvalue weighted by molar-refractivity contribution is 5.96. The van der Waals surface area contributed by atoms with E-state index in [9.17, 15) is 19.5 Å². The minimum atomic E-state index is -0.674. The molecular weight excluding hydrogens is 338 g/mol. The van der Waals surface area contributed by atoms with E-state index in [1.807, 2.05) is 0 Å². The molecule has 0 aliphatic heterocycles. The summed E-state index contributed by atoms with van der Waals surface area (Å²) in [4.78, 5) is 35.4. The number of hydrogen-bond donors (Lipinski definition) is 2. The highest BCUT2D eigenvalue weighted by Gasteiger charge is 2.12. The highest BCUT2D eigenvalue weighted by Crippen LogP contribution is 2.12. The van der Waals surface area contributed by atoms with Crippen molar-refractivity contribution in [1.29, 1.82) is 0 Å². The number of phenolic OH excluding ortho intramolecular Hbond substituents is 1. The highest BCUT2D eigenvalue weighted by atomic mass is 16.5. The van der Waals surface area contributed by atoms with Crippen LogP contribution in [-0.4, -0.2) is 35.7 Å². The SMILES string of the molecule is CC(C)OC(=O)c1ccc(NC(=O)COC(=O)c2ccc(O)cc2)cc1. The number of rotatable bonds is 6. The number of carbonyl (C=O) groups is 3. The fourth-order valence-corrected chi connectivity index (χ4v) is 1.98. The van der Waals surface area contributed by atoms with E-state index in [0.29, 0.717) is 11.3 Å². The lowest BCUT2D eigenvalue weighted by Crippen LogP contribution is -2.21. The molecule has 2 aromatic carbocycles. The zero-order chi connectivity index (χ0) is 19.1. The lowest BCUT2D eigenvalue weighted by molar-refractivity contribution is -0.119. The summed E-state index contributed by atoms with van der Waals surface area (Å²) in [5, 5.41) is 11.7. The zero-order valence-corrected chi connectivity index (χ0v) is 14.4. The van der Waals surface area contributed by atoms with Gasteiger partial charge in [-0.25, -0.2) is 9.59 Å². The Morgan fingerprint density at radius 3 is 2.04 bits per heavy atom. The van der Waals surface area contributed by atoms with Crippen molar-refractivity contribution in [2.24, 2.45) is 0 Å². The van der Waals surface area contributed by atoms with Gasteiger partial charge in [-0.3, -0.25) is 4.79 Å². The van der Waals surface area contributed by atoms with Crippen LogP contribution in [0, 0.1) is 0 Å². The normalized spacial score (nSPS) is 10.3. The molecule has 0 aliphatic rings. The van der Waals surface area contributed by atoms with Crippen LogP contribution in [0.5, 0.6) is 5.75 Å². The summed E-state index contributed by atoms with van der Waals surface area (Å²) in [5.41, 5.74) is 1.05. The van der Waals surface area contributed by atoms with Crippen molar-refractivity contribution in [3.8, 4) is 5.75 Å². The predicted octanol–water partition coefficient (Wildman–Crippen LogP) is 2.75. The van der Waals surface area contributed by atoms with E-state index >= 15 is 0 Å². The van der Waals surface area contributed by atoms with Gasteiger partial charge >= 0.3 is 11.9 Å². The maximum atomic E-state index is 11.8. The molecule has 0 spiro atoms. The Balaban J connectivity index is 1.84. The molecule has 2 aromatic rings. The molecule has 0 atom stereocenters. The number of benzene rings is 2. The Kier molecular flexibility index (Phi) is 6.32. The second kappa shape index (κ2) is 8.66. The Morgan fingerprint density at radius 2 is 1.46 bits per heavy atom. The zero-order valence-electron chi connectivity index (χ0n) is 14.4. The first-order valence-electron chi connectivity index (χ1n) is 7.92. The minimum absolute atomic E-state index is 0.0278. The van der Waals surface area contributed by atoms with Crippen molar-refractivity contribution in [3.63, 3.8) is 0 Å². The van der Waals surface area contributed by atoms with Gasteiger partial charge in [0.25, 0.3) is 5.91 Å². The van der Waals surface area contributed by atoms with Gasteiger partial charge in [-0.1, -0.05) is 0 Å². The molecule has 2 rings (SSSR count). The van der Waals surface area contributed by atoms with E-state index in [1.165, 1.54) is 36.4 Å². The molecule has 7 nitrogen and oxygen atoms in total. The van der Waals surface area contributed by atoms with Gasteiger partial charge in [0, 0.05) is 5.69 Å². The lowest BCUT2D eigenvalue weighted by Gasteiger charge is -2.09. The summed E-state index contributed by atoms with van der Waals surface area (Å²) in [6.07, 6.45) is -0.217. The summed E-state index contributed by atoms with van der Waals surface area (Å²) in [6, 6.07) is 11.7. The van der Waals surface area contributed by atoms with Crippen LogP contribution in [0.25, 0.3) is 0 Å². The van der Waals surface area contributed by atoms with Crippen LogP contribution in [-0.2, 0) is 14.3 Å². The molecule has 1 amide bonds. The van der Waals surface area contributed by atoms with Gasteiger partial charge < -0.3 is 19.9 Å². The van der Waals surface area contributed by atoms with Crippen molar-refractivity contribution in [3.05, 3.63) is 59.7 Å². The lowest BCUT2D eigenvalue weighted by atomic mass is 10.2. The molecule has 0 aromatic heterocycles. The van der Waals surface area contributed by atoms with E-state index in [0.717, 1.165) is 0 Å². The third-order valence-corrected chi connectivity index (χ3v) is 3.18. The summed E-state index contributed by atoms with van der Waals surface area (Å²) >= 11 is 0. The molecule has 0 saturated carbocycles. The number of nitrogens with one attached hydrogen (secondary N) is 1. The first-order chi connectivity index (χ1) is 12.3. The number of anilines is 1. The van der Waals surface area contributed by atoms with Crippen molar-refractivity contribution in [2.45, 2.75) is 20.0 Å². The third kappa shape index (κ3) is 5.62. The Hall–Kier alpha value is -3.35. The van der Waals surface area contributed by atoms with Crippen molar-refractivity contribution < 1.29 is 29.0 Å². The average Bonchev–Trinajstić information content (AvgIpc) is 2.60. The molecule has 0 fully saturated rings. The van der Waals surface area contributed by atoms with E-state index in [-0.39, 0.29) is 17.4 Å². The fourth-order valence-electron chi connectivity index (χ4n) is 1.98. The Bertz CT molecular complexity index is 781. The number of ether oxygens (including phenoxy) is 2. The molecule has 0 heterocycles. The van der Waals surface area contributed by atoms with Crippen LogP contribution in [0.15, 0.2) is 48.5 Å². The Labute approximate surface area is 150 Å². The molecule has 7 heteroatoms. The number of phenols is 1. The largest absolute Gasteiger partial charge is 0.508 e. The molecule has 26 heavy (non-hydrogen) atoms. The number of aromatic hydroxyl groups is 1. The molecule has 0 saturated heterocycles. The van der Waals surface area contributed by atoms with Gasteiger partial charge in [0.05, 0.1) is 17.2 Å². The second-order valence-electron chi connectivity index (χ2n) is 5.70. The summed E-state index contributed by atoms with van der Waals surface area (Å²) in [5.74, 6) is -1.61. The van der Waals surface area contributed by atoms with Gasteiger partial charge in [-0.05, 0) is 62.4 Å². The first kappa shape index (κ1) is 19.0. The summed E-state index contributed by atoms with van der Waals surface area (Å²) in [6.45, 7) is 3.05. The first-order valence-corrected chi connectivity index (χ1v) is 7.92. The molecule has 0 aliphatic carbocycles. The van der Waals surface area contributed by atoms with Crippen molar-refractivity contribution in [1.82, 2.24) is 0 Å². The number of carbonyl (C=O) groups excluding carboxylic acids is 3. The summed E-state index contributed by atoms with van der Waals surface area (Å²) in [7, 11) is 0. The number of hydrogen-bond acceptors (Lipinski definition) is 6. The predicted molar refractivity (Wildman–Crippen MR) is 94.0 cm³/mol. The van der Waals surface area contributed by atoms with Gasteiger partial charge in [0.2, 0.25) is 0 Å². The van der Waals surface area contributed by atoms with Crippen LogP contribution in [0.3, 0.4) is 0 Å². The molecule has 0 radical (unpaired) electrons. The maximum Gasteiger partial charge on any atom is 0.338 e. The van der Waals surface area contributed by atoms with Crippen LogP contribution >= 0.6 is 0 Å². The van der Waals surface area contributed by atoms with Crippen molar-refractivity contribution in [2.75, 3.05) is 11.9 Å². The topological polar surface area (TPSA) is 102 Å². The average molecular weight is 357 g/mol. The van der Waals surface area contributed by atoms with Crippen molar-refractivity contribution >= 4 is 23.5 Å². The molecule has 2 N–H and O–H groups in total. The smallest absolute Gasteiger partial charge is 0.338 e. The third-order valence-electron chi connectivity index (χ3n) is 3.18. The second-order valence-corrected chi connectivity index (χ2v) is 5.70. The van der Waals surface area contributed by atoms with Crippen LogP contribution in [0.4, 0.5) is 5.69 Å². The van der Waals surface area contributed by atoms with Gasteiger partial charge in [0.1, 0.15) is 5.75 Å². The van der Waals surface area contributed by atoms with Crippen LogP contribution in [0.1, 0.15) is 34.6 Å². The van der Waals surface area contributed by atoms with Gasteiger partial charge in [0.15, 0.2) is 6.61 Å². The molecule has 136 valence electrons. The van der Waals surface area contributed by atoms with E-state index in [1.54, 1.807) is 26.0 Å².